The van der Waals surface area contributed by atoms with E-state index in [0.29, 0.717) is 33.3 Å². The van der Waals surface area contributed by atoms with Gasteiger partial charge in [-0.15, -0.1) is 11.3 Å². The highest BCUT2D eigenvalue weighted by molar-refractivity contribution is 7.12. The highest BCUT2D eigenvalue weighted by Gasteiger charge is 2.35. The standard InChI is InChI=1S/C27H30ClN3O4S/c1-5-27(2,3)30-26(34)24(18-8-6-9-21(16-18)35-4)31(20-13-11-19(28)12-14-20)23(32)17-29-25(33)22-10-7-15-36-22/h6-16,24H,5,17H2,1-4H3,(H,29,33)(H,30,34). The number of methoxy groups -OCH3 is 1. The van der Waals surface area contributed by atoms with Crippen molar-refractivity contribution in [1.29, 1.82) is 0 Å². The minimum absolute atomic E-state index is 0.301. The Morgan fingerprint density at radius 3 is 2.42 bits per heavy atom. The maximum atomic E-state index is 13.8. The number of ether oxygens (including phenoxy) is 1. The van der Waals surface area contributed by atoms with Gasteiger partial charge in [0.05, 0.1) is 18.5 Å². The number of nitrogens with zero attached hydrogens (tertiary/aromatic N) is 1. The summed E-state index contributed by atoms with van der Waals surface area (Å²) in [4.78, 5) is 41.8. The molecule has 1 aromatic heterocycles. The van der Waals surface area contributed by atoms with E-state index in [9.17, 15) is 14.4 Å². The first kappa shape index (κ1) is 27.2. The highest BCUT2D eigenvalue weighted by Crippen LogP contribution is 2.31. The lowest BCUT2D eigenvalue weighted by molar-refractivity contribution is -0.127. The molecule has 7 nitrogen and oxygen atoms in total. The van der Waals surface area contributed by atoms with Crippen LogP contribution in [0.3, 0.4) is 0 Å². The fourth-order valence-electron chi connectivity index (χ4n) is 3.49. The molecule has 2 N–H and O–H groups in total. The van der Waals surface area contributed by atoms with Gasteiger partial charge in [-0.3, -0.25) is 19.3 Å². The molecule has 0 aliphatic carbocycles. The Morgan fingerprint density at radius 1 is 1.08 bits per heavy atom. The van der Waals surface area contributed by atoms with Crippen molar-refractivity contribution in [2.75, 3.05) is 18.6 Å². The van der Waals surface area contributed by atoms with Crippen LogP contribution in [-0.2, 0) is 9.59 Å². The Kier molecular flexibility index (Phi) is 9.12. The molecule has 0 bridgehead atoms. The second-order valence-corrected chi connectivity index (χ2v) is 10.2. The van der Waals surface area contributed by atoms with Gasteiger partial charge < -0.3 is 15.4 Å². The fourth-order valence-corrected chi connectivity index (χ4v) is 4.26. The molecule has 1 heterocycles. The summed E-state index contributed by atoms with van der Waals surface area (Å²) in [6.45, 7) is 5.51. The quantitative estimate of drug-likeness (QED) is 0.378. The van der Waals surface area contributed by atoms with Gasteiger partial charge >= 0.3 is 0 Å². The molecule has 190 valence electrons. The molecule has 3 aromatic rings. The second kappa shape index (κ2) is 12.1. The van der Waals surface area contributed by atoms with Crippen LogP contribution < -0.4 is 20.3 Å². The van der Waals surface area contributed by atoms with Crippen molar-refractivity contribution in [3.63, 3.8) is 0 Å². The third-order valence-electron chi connectivity index (χ3n) is 5.78. The van der Waals surface area contributed by atoms with Gasteiger partial charge in [0, 0.05) is 16.2 Å². The zero-order chi connectivity index (χ0) is 26.3. The van der Waals surface area contributed by atoms with E-state index in [1.165, 1.54) is 23.3 Å². The Labute approximate surface area is 220 Å². The van der Waals surface area contributed by atoms with E-state index >= 15 is 0 Å². The van der Waals surface area contributed by atoms with E-state index in [0.717, 1.165) is 0 Å². The molecule has 3 rings (SSSR count). The summed E-state index contributed by atoms with van der Waals surface area (Å²) in [5.74, 6) is -0.624. The molecule has 2 aromatic carbocycles. The summed E-state index contributed by atoms with van der Waals surface area (Å²) in [5, 5.41) is 8.01. The molecule has 0 saturated carbocycles. The van der Waals surface area contributed by atoms with Gasteiger partial charge in [-0.05, 0) is 73.7 Å². The molecular formula is C27H30ClN3O4S. The van der Waals surface area contributed by atoms with Gasteiger partial charge in [-0.2, -0.15) is 0 Å². The maximum Gasteiger partial charge on any atom is 0.261 e. The van der Waals surface area contributed by atoms with Gasteiger partial charge in [0.1, 0.15) is 11.8 Å². The number of halogens is 1. The molecule has 0 spiro atoms. The van der Waals surface area contributed by atoms with Gasteiger partial charge in [0.2, 0.25) is 11.8 Å². The van der Waals surface area contributed by atoms with Crippen LogP contribution in [-0.4, -0.2) is 36.9 Å². The summed E-state index contributed by atoms with van der Waals surface area (Å²) in [7, 11) is 1.54. The van der Waals surface area contributed by atoms with Crippen LogP contribution in [0.5, 0.6) is 5.75 Å². The summed E-state index contributed by atoms with van der Waals surface area (Å²) in [6.07, 6.45) is 0.690. The monoisotopic (exact) mass is 527 g/mol. The lowest BCUT2D eigenvalue weighted by Gasteiger charge is -2.34. The molecule has 36 heavy (non-hydrogen) atoms. The number of benzene rings is 2. The minimum atomic E-state index is -1.03. The third kappa shape index (κ3) is 6.86. The normalized spacial score (nSPS) is 11.9. The predicted molar refractivity (Wildman–Crippen MR) is 144 cm³/mol. The number of thiophene rings is 1. The Balaban J connectivity index is 2.04. The number of hydrogen-bond acceptors (Lipinski definition) is 5. The number of hydrogen-bond donors (Lipinski definition) is 2. The van der Waals surface area contributed by atoms with Gasteiger partial charge in [0.25, 0.3) is 5.91 Å². The van der Waals surface area contributed by atoms with Crippen molar-refractivity contribution in [2.45, 2.75) is 38.8 Å². The van der Waals surface area contributed by atoms with Crippen molar-refractivity contribution >= 4 is 46.3 Å². The van der Waals surface area contributed by atoms with Crippen LogP contribution in [0.1, 0.15) is 48.5 Å². The summed E-state index contributed by atoms with van der Waals surface area (Å²) in [6, 6.07) is 16.1. The van der Waals surface area contributed by atoms with Crippen LogP contribution in [0.4, 0.5) is 5.69 Å². The predicted octanol–water partition coefficient (Wildman–Crippen LogP) is 5.22. The van der Waals surface area contributed by atoms with Crippen LogP contribution in [0, 0.1) is 0 Å². The number of nitrogens with one attached hydrogen (secondary N) is 2. The first-order chi connectivity index (χ1) is 17.1. The Morgan fingerprint density at radius 2 is 1.81 bits per heavy atom. The molecule has 1 atom stereocenters. The van der Waals surface area contributed by atoms with E-state index < -0.39 is 17.5 Å². The average molecular weight is 528 g/mol. The van der Waals surface area contributed by atoms with E-state index in [4.69, 9.17) is 16.3 Å². The molecular weight excluding hydrogens is 498 g/mol. The first-order valence-corrected chi connectivity index (χ1v) is 12.8. The lowest BCUT2D eigenvalue weighted by Crippen LogP contribution is -2.52. The number of anilines is 1. The number of amides is 3. The number of carbonyl (C=O) groups is 3. The molecule has 9 heteroatoms. The molecule has 0 aliphatic heterocycles. The van der Waals surface area contributed by atoms with Crippen LogP contribution in [0.15, 0.2) is 66.0 Å². The first-order valence-electron chi connectivity index (χ1n) is 11.5. The van der Waals surface area contributed by atoms with Gasteiger partial charge in [-0.1, -0.05) is 36.7 Å². The molecule has 0 radical (unpaired) electrons. The molecule has 3 amide bonds. The molecule has 0 aliphatic rings. The third-order valence-corrected chi connectivity index (χ3v) is 6.90. The Hall–Kier alpha value is -3.36. The van der Waals surface area contributed by atoms with Crippen LogP contribution >= 0.6 is 22.9 Å². The van der Waals surface area contributed by atoms with Crippen molar-refractivity contribution < 1.29 is 19.1 Å². The van der Waals surface area contributed by atoms with Crippen molar-refractivity contribution in [2.24, 2.45) is 0 Å². The minimum Gasteiger partial charge on any atom is -0.497 e. The van der Waals surface area contributed by atoms with Crippen LogP contribution in [0.2, 0.25) is 5.02 Å². The van der Waals surface area contributed by atoms with E-state index in [1.54, 1.807) is 66.0 Å². The topological polar surface area (TPSA) is 87.7 Å². The largest absolute Gasteiger partial charge is 0.497 e. The number of rotatable bonds is 10. The SMILES string of the molecule is CCC(C)(C)NC(=O)C(c1cccc(OC)c1)N(C(=O)CNC(=O)c1cccs1)c1ccc(Cl)cc1. The summed E-state index contributed by atoms with van der Waals surface area (Å²) in [5.41, 5.74) is 0.523. The summed E-state index contributed by atoms with van der Waals surface area (Å²) >= 11 is 7.39. The van der Waals surface area contributed by atoms with Crippen molar-refractivity contribution in [1.82, 2.24) is 10.6 Å². The van der Waals surface area contributed by atoms with E-state index in [-0.39, 0.29) is 18.4 Å². The average Bonchev–Trinajstić information content (AvgIpc) is 3.41. The van der Waals surface area contributed by atoms with Crippen molar-refractivity contribution in [3.8, 4) is 5.75 Å². The zero-order valence-electron chi connectivity index (χ0n) is 20.7. The molecule has 1 unspecified atom stereocenters. The maximum absolute atomic E-state index is 13.8. The van der Waals surface area contributed by atoms with E-state index in [1.807, 2.05) is 20.8 Å². The zero-order valence-corrected chi connectivity index (χ0v) is 22.3. The fraction of sp³-hybridized carbons (Fsp3) is 0.296. The lowest BCUT2D eigenvalue weighted by atomic mass is 9.98. The van der Waals surface area contributed by atoms with Gasteiger partial charge in [0.15, 0.2) is 0 Å². The second-order valence-electron chi connectivity index (χ2n) is 8.81. The summed E-state index contributed by atoms with van der Waals surface area (Å²) < 4.78 is 5.38. The van der Waals surface area contributed by atoms with E-state index in [2.05, 4.69) is 10.6 Å². The molecule has 0 fully saturated rings. The van der Waals surface area contributed by atoms with Crippen LogP contribution in [0.25, 0.3) is 0 Å². The Bertz CT molecular complexity index is 1200. The van der Waals surface area contributed by atoms with Crippen molar-refractivity contribution in [3.05, 3.63) is 81.5 Å². The smallest absolute Gasteiger partial charge is 0.261 e. The van der Waals surface area contributed by atoms with Gasteiger partial charge in [-0.25, -0.2) is 0 Å². The molecule has 0 saturated heterocycles. The highest BCUT2D eigenvalue weighted by atomic mass is 35.5. The number of carbonyl (C=O) groups excluding carboxylic acids is 3.